The summed E-state index contributed by atoms with van der Waals surface area (Å²) in [6.45, 7) is 6.28. The smallest absolute Gasteiger partial charge is 0.123 e. The second-order valence-corrected chi connectivity index (χ2v) is 5.62. The molecule has 1 heterocycles. The van der Waals surface area contributed by atoms with E-state index in [1.165, 1.54) is 5.56 Å². The van der Waals surface area contributed by atoms with Crippen LogP contribution in [-0.4, -0.2) is 56.1 Å². The van der Waals surface area contributed by atoms with Crippen LogP contribution in [0.15, 0.2) is 24.3 Å². The van der Waals surface area contributed by atoms with E-state index >= 15 is 0 Å². The van der Waals surface area contributed by atoms with Gasteiger partial charge in [0.05, 0.1) is 0 Å². The van der Waals surface area contributed by atoms with Crippen LogP contribution in [0.25, 0.3) is 0 Å². The Morgan fingerprint density at radius 1 is 1.37 bits per heavy atom. The molecule has 0 aromatic heterocycles. The van der Waals surface area contributed by atoms with E-state index in [2.05, 4.69) is 36.1 Å². The van der Waals surface area contributed by atoms with Gasteiger partial charge in [0.15, 0.2) is 0 Å². The minimum absolute atomic E-state index is 0.166. The van der Waals surface area contributed by atoms with Crippen molar-refractivity contribution in [2.75, 3.05) is 40.3 Å². The first-order valence-electron chi connectivity index (χ1n) is 6.94. The monoisotopic (exact) mass is 265 g/mol. The summed E-state index contributed by atoms with van der Waals surface area (Å²) in [6.07, 6.45) is 0. The molecule has 19 heavy (non-hydrogen) atoms. The van der Waals surface area contributed by atoms with E-state index in [1.54, 1.807) is 12.1 Å². The highest BCUT2D eigenvalue weighted by molar-refractivity contribution is 5.21. The molecule has 3 nitrogen and oxygen atoms in total. The quantitative estimate of drug-likeness (QED) is 0.894. The predicted molar refractivity (Wildman–Crippen MR) is 76.7 cm³/mol. The van der Waals surface area contributed by atoms with E-state index in [-0.39, 0.29) is 5.82 Å². The van der Waals surface area contributed by atoms with Crippen molar-refractivity contribution >= 4 is 0 Å². The fraction of sp³-hybridized carbons (Fsp3) is 0.600. The maximum atomic E-state index is 13.1. The number of rotatable bonds is 4. The van der Waals surface area contributed by atoms with Gasteiger partial charge < -0.3 is 10.2 Å². The normalized spacial score (nSPS) is 22.7. The van der Waals surface area contributed by atoms with Crippen LogP contribution in [0.3, 0.4) is 0 Å². The fourth-order valence-corrected chi connectivity index (χ4v) is 2.75. The van der Waals surface area contributed by atoms with Crippen molar-refractivity contribution in [3.8, 4) is 0 Å². The van der Waals surface area contributed by atoms with Crippen LogP contribution in [-0.2, 0) is 0 Å². The highest BCUT2D eigenvalue weighted by Crippen LogP contribution is 2.24. The van der Waals surface area contributed by atoms with E-state index in [9.17, 15) is 4.39 Å². The van der Waals surface area contributed by atoms with Gasteiger partial charge in [0.2, 0.25) is 0 Å². The number of halogens is 1. The zero-order valence-corrected chi connectivity index (χ0v) is 12.1. The molecule has 2 unspecified atom stereocenters. The van der Waals surface area contributed by atoms with Crippen molar-refractivity contribution in [2.45, 2.75) is 19.0 Å². The van der Waals surface area contributed by atoms with E-state index in [0.717, 1.165) is 26.2 Å². The Balaban J connectivity index is 2.21. The summed E-state index contributed by atoms with van der Waals surface area (Å²) in [7, 11) is 4.17. The lowest BCUT2D eigenvalue weighted by atomic mass is 10.0. The van der Waals surface area contributed by atoms with Crippen LogP contribution in [0.1, 0.15) is 18.5 Å². The molecule has 2 atom stereocenters. The lowest BCUT2D eigenvalue weighted by Crippen LogP contribution is -2.52. The lowest BCUT2D eigenvalue weighted by molar-refractivity contribution is 0.0967. The van der Waals surface area contributed by atoms with Gasteiger partial charge in [0.25, 0.3) is 0 Å². The highest BCUT2D eigenvalue weighted by atomic mass is 19.1. The third kappa shape index (κ3) is 3.75. The maximum absolute atomic E-state index is 13.1. The standard InChI is InChI=1S/C15H24FN3/c1-12-10-17-8-9-19(12)15(11-18(2)3)13-4-6-14(16)7-5-13/h4-7,12,15,17H,8-11H2,1-3H3. The molecule has 0 spiro atoms. The van der Waals surface area contributed by atoms with Gasteiger partial charge in [-0.05, 0) is 38.7 Å². The van der Waals surface area contributed by atoms with E-state index in [0.29, 0.717) is 12.1 Å². The van der Waals surface area contributed by atoms with Crippen molar-refractivity contribution in [3.63, 3.8) is 0 Å². The Hall–Kier alpha value is -0.970. The first-order valence-corrected chi connectivity index (χ1v) is 6.94. The van der Waals surface area contributed by atoms with Gasteiger partial charge in [0.1, 0.15) is 5.82 Å². The average molecular weight is 265 g/mol. The molecule has 1 saturated heterocycles. The summed E-state index contributed by atoms with van der Waals surface area (Å²) in [6, 6.07) is 7.78. The molecule has 1 aromatic rings. The third-order valence-electron chi connectivity index (χ3n) is 3.75. The van der Waals surface area contributed by atoms with Crippen LogP contribution < -0.4 is 5.32 Å². The van der Waals surface area contributed by atoms with E-state index < -0.39 is 0 Å². The number of likely N-dealkylation sites (N-methyl/N-ethyl adjacent to an activating group) is 1. The van der Waals surface area contributed by atoms with Crippen molar-refractivity contribution in [3.05, 3.63) is 35.6 Å². The molecule has 0 bridgehead atoms. The predicted octanol–water partition coefficient (Wildman–Crippen LogP) is 1.72. The van der Waals surface area contributed by atoms with Crippen LogP contribution in [0.2, 0.25) is 0 Å². The molecule has 0 saturated carbocycles. The summed E-state index contributed by atoms with van der Waals surface area (Å²) < 4.78 is 13.1. The van der Waals surface area contributed by atoms with Crippen LogP contribution in [0, 0.1) is 5.82 Å². The number of nitrogens with one attached hydrogen (secondary N) is 1. The molecule has 4 heteroatoms. The number of piperazine rings is 1. The van der Waals surface area contributed by atoms with Crippen molar-refractivity contribution in [2.24, 2.45) is 0 Å². The van der Waals surface area contributed by atoms with E-state index in [4.69, 9.17) is 0 Å². The summed E-state index contributed by atoms with van der Waals surface area (Å²) >= 11 is 0. The molecule has 1 aromatic carbocycles. The zero-order valence-electron chi connectivity index (χ0n) is 12.1. The average Bonchev–Trinajstić information content (AvgIpc) is 2.38. The molecular weight excluding hydrogens is 241 g/mol. The minimum Gasteiger partial charge on any atom is -0.314 e. The summed E-state index contributed by atoms with van der Waals surface area (Å²) in [5.74, 6) is -0.166. The summed E-state index contributed by atoms with van der Waals surface area (Å²) in [4.78, 5) is 4.71. The molecule has 2 rings (SSSR count). The Labute approximate surface area is 115 Å². The largest absolute Gasteiger partial charge is 0.314 e. The Morgan fingerprint density at radius 2 is 2.05 bits per heavy atom. The Morgan fingerprint density at radius 3 is 2.63 bits per heavy atom. The van der Waals surface area contributed by atoms with Crippen molar-refractivity contribution in [1.29, 1.82) is 0 Å². The molecular formula is C15H24FN3. The van der Waals surface area contributed by atoms with Crippen LogP contribution in [0.4, 0.5) is 4.39 Å². The van der Waals surface area contributed by atoms with Gasteiger partial charge in [-0.25, -0.2) is 4.39 Å². The molecule has 1 fully saturated rings. The molecule has 1 aliphatic heterocycles. The minimum atomic E-state index is -0.166. The van der Waals surface area contributed by atoms with Gasteiger partial charge in [0, 0.05) is 38.3 Å². The second-order valence-electron chi connectivity index (χ2n) is 5.62. The first kappa shape index (κ1) is 14.4. The number of hydrogen-bond donors (Lipinski definition) is 1. The van der Waals surface area contributed by atoms with E-state index in [1.807, 2.05) is 12.1 Å². The zero-order chi connectivity index (χ0) is 13.8. The topological polar surface area (TPSA) is 18.5 Å². The van der Waals surface area contributed by atoms with Crippen molar-refractivity contribution < 1.29 is 4.39 Å². The van der Waals surface area contributed by atoms with Gasteiger partial charge in [-0.15, -0.1) is 0 Å². The van der Waals surface area contributed by atoms with Crippen LogP contribution >= 0.6 is 0 Å². The summed E-state index contributed by atoms with van der Waals surface area (Å²) in [5.41, 5.74) is 1.20. The molecule has 0 amide bonds. The molecule has 0 radical (unpaired) electrons. The lowest BCUT2D eigenvalue weighted by Gasteiger charge is -2.41. The van der Waals surface area contributed by atoms with Gasteiger partial charge in [-0.3, -0.25) is 4.90 Å². The third-order valence-corrected chi connectivity index (χ3v) is 3.75. The van der Waals surface area contributed by atoms with Gasteiger partial charge >= 0.3 is 0 Å². The SMILES string of the molecule is CC1CNCCN1C(CN(C)C)c1ccc(F)cc1. The number of hydrogen-bond acceptors (Lipinski definition) is 3. The molecule has 1 aliphatic rings. The maximum Gasteiger partial charge on any atom is 0.123 e. The van der Waals surface area contributed by atoms with Gasteiger partial charge in [-0.1, -0.05) is 12.1 Å². The van der Waals surface area contributed by atoms with Crippen molar-refractivity contribution in [1.82, 2.24) is 15.1 Å². The number of benzene rings is 1. The first-order chi connectivity index (χ1) is 9.08. The van der Waals surface area contributed by atoms with Crippen LogP contribution in [0.5, 0.6) is 0 Å². The number of nitrogens with zero attached hydrogens (tertiary/aromatic N) is 2. The molecule has 0 aliphatic carbocycles. The van der Waals surface area contributed by atoms with Gasteiger partial charge in [-0.2, -0.15) is 0 Å². The fourth-order valence-electron chi connectivity index (χ4n) is 2.75. The molecule has 106 valence electrons. The summed E-state index contributed by atoms with van der Waals surface area (Å²) in [5, 5.41) is 3.42. The second kappa shape index (κ2) is 6.46. The Kier molecular flexibility index (Phi) is 4.91. The molecule has 1 N–H and O–H groups in total. The Bertz CT molecular complexity index is 391. The highest BCUT2D eigenvalue weighted by Gasteiger charge is 2.27.